The minimum atomic E-state index is 0.566. The molecule has 5 heteroatoms. The Hall–Kier alpha value is -1.46. The Labute approximate surface area is 135 Å². The van der Waals surface area contributed by atoms with E-state index >= 15 is 0 Å². The zero-order chi connectivity index (χ0) is 15.5. The molecule has 1 aromatic carbocycles. The zero-order valence-electron chi connectivity index (χ0n) is 13.3. The van der Waals surface area contributed by atoms with Crippen LogP contribution in [0.25, 0.3) is 11.3 Å². The van der Waals surface area contributed by atoms with Crippen molar-refractivity contribution in [2.24, 2.45) is 0 Å². The van der Waals surface area contributed by atoms with E-state index in [-0.39, 0.29) is 0 Å². The van der Waals surface area contributed by atoms with Crippen LogP contribution in [0.2, 0.25) is 0 Å². The quantitative estimate of drug-likeness (QED) is 0.844. The van der Waals surface area contributed by atoms with Gasteiger partial charge in [0.2, 0.25) is 0 Å². The third-order valence-electron chi connectivity index (χ3n) is 4.23. The van der Waals surface area contributed by atoms with Crippen molar-refractivity contribution in [3.8, 4) is 17.0 Å². The summed E-state index contributed by atoms with van der Waals surface area (Å²) in [6.45, 7) is 4.24. The molecule has 1 unspecified atom stereocenters. The molecule has 22 heavy (non-hydrogen) atoms. The summed E-state index contributed by atoms with van der Waals surface area (Å²) in [4.78, 5) is 2.51. The molecule has 118 valence electrons. The topological polar surface area (TPSA) is 38.5 Å². The van der Waals surface area contributed by atoms with Crippen LogP contribution in [-0.4, -0.2) is 41.8 Å². The normalized spacial score (nSPS) is 16.3. The van der Waals surface area contributed by atoms with E-state index in [4.69, 9.17) is 9.26 Å². The van der Waals surface area contributed by atoms with Crippen LogP contribution in [0, 0.1) is 0 Å². The summed E-state index contributed by atoms with van der Waals surface area (Å²) in [6, 6.07) is 8.58. The van der Waals surface area contributed by atoms with Crippen molar-refractivity contribution in [3.63, 3.8) is 0 Å². The molecule has 0 fully saturated rings. The van der Waals surface area contributed by atoms with Crippen LogP contribution in [0.1, 0.15) is 18.2 Å². The Morgan fingerprint density at radius 1 is 1.45 bits per heavy atom. The molecule has 1 aromatic heterocycles. The summed E-state index contributed by atoms with van der Waals surface area (Å²) in [5, 5.41) is 4.32. The molecular weight excluding hydrogens is 296 g/mol. The van der Waals surface area contributed by atoms with Crippen molar-refractivity contribution in [1.29, 1.82) is 0 Å². The minimum Gasteiger partial charge on any atom is -0.497 e. The van der Waals surface area contributed by atoms with Gasteiger partial charge in [0.15, 0.2) is 0 Å². The maximum absolute atomic E-state index is 5.58. The molecule has 0 aliphatic carbocycles. The van der Waals surface area contributed by atoms with E-state index in [1.165, 1.54) is 5.56 Å². The highest BCUT2D eigenvalue weighted by Crippen LogP contribution is 2.32. The molecule has 0 amide bonds. The lowest BCUT2D eigenvalue weighted by Gasteiger charge is -2.31. The highest BCUT2D eigenvalue weighted by Gasteiger charge is 2.27. The lowest BCUT2D eigenvalue weighted by Crippen LogP contribution is -2.38. The number of ether oxygens (including phenoxy) is 1. The van der Waals surface area contributed by atoms with E-state index in [1.54, 1.807) is 7.11 Å². The standard InChI is InChI=1S/C17H22N2O2S/c1-12(11-22-3)19-8-7-16-15(10-19)17(18-21-16)13-5-4-6-14(9-13)20-2/h4-6,9,12H,7-8,10-11H2,1-3H3. The maximum atomic E-state index is 5.58. The molecule has 2 aromatic rings. The SMILES string of the molecule is COc1cccc(-c2noc3c2CN(C(C)CSC)CC3)c1. The van der Waals surface area contributed by atoms with Gasteiger partial charge in [0.05, 0.1) is 7.11 Å². The minimum absolute atomic E-state index is 0.566. The zero-order valence-corrected chi connectivity index (χ0v) is 14.2. The van der Waals surface area contributed by atoms with Crippen molar-refractivity contribution >= 4 is 11.8 Å². The van der Waals surface area contributed by atoms with Crippen LogP contribution in [0.4, 0.5) is 0 Å². The third-order valence-corrected chi connectivity index (χ3v) is 5.05. The fourth-order valence-electron chi connectivity index (χ4n) is 2.95. The highest BCUT2D eigenvalue weighted by atomic mass is 32.2. The van der Waals surface area contributed by atoms with Crippen molar-refractivity contribution in [3.05, 3.63) is 35.6 Å². The Kier molecular flexibility index (Phi) is 4.74. The van der Waals surface area contributed by atoms with E-state index in [0.29, 0.717) is 6.04 Å². The van der Waals surface area contributed by atoms with E-state index in [0.717, 1.165) is 48.0 Å². The van der Waals surface area contributed by atoms with Crippen molar-refractivity contribution in [2.45, 2.75) is 25.9 Å². The van der Waals surface area contributed by atoms with Gasteiger partial charge in [-0.2, -0.15) is 11.8 Å². The predicted octanol–water partition coefficient (Wildman–Crippen LogP) is 3.46. The molecular formula is C17H22N2O2S. The Morgan fingerprint density at radius 2 is 2.32 bits per heavy atom. The second-order valence-corrected chi connectivity index (χ2v) is 6.60. The molecule has 0 saturated heterocycles. The molecule has 1 atom stereocenters. The first-order valence-corrected chi connectivity index (χ1v) is 8.97. The summed E-state index contributed by atoms with van der Waals surface area (Å²) >= 11 is 1.89. The van der Waals surface area contributed by atoms with E-state index in [1.807, 2.05) is 30.0 Å². The lowest BCUT2D eigenvalue weighted by molar-refractivity contribution is 0.195. The number of hydrogen-bond acceptors (Lipinski definition) is 5. The fourth-order valence-corrected chi connectivity index (χ4v) is 3.64. The van der Waals surface area contributed by atoms with Gasteiger partial charge >= 0.3 is 0 Å². The first-order chi connectivity index (χ1) is 10.7. The molecule has 0 spiro atoms. The number of thioether (sulfide) groups is 1. The van der Waals surface area contributed by atoms with Crippen LogP contribution in [0.15, 0.2) is 28.8 Å². The molecule has 1 aliphatic heterocycles. The average molecular weight is 318 g/mol. The molecule has 1 aliphatic rings. The summed E-state index contributed by atoms with van der Waals surface area (Å²) in [6.07, 6.45) is 3.10. The highest BCUT2D eigenvalue weighted by molar-refractivity contribution is 7.98. The van der Waals surface area contributed by atoms with Gasteiger partial charge in [-0.05, 0) is 25.3 Å². The first-order valence-electron chi connectivity index (χ1n) is 7.57. The third kappa shape index (κ3) is 3.01. The number of hydrogen-bond donors (Lipinski definition) is 0. The number of methoxy groups -OCH3 is 1. The number of nitrogens with zero attached hydrogens (tertiary/aromatic N) is 2. The molecule has 0 radical (unpaired) electrons. The van der Waals surface area contributed by atoms with Gasteiger partial charge in [0.1, 0.15) is 17.2 Å². The van der Waals surface area contributed by atoms with Gasteiger partial charge in [0, 0.05) is 42.4 Å². The van der Waals surface area contributed by atoms with Crippen LogP contribution < -0.4 is 4.74 Å². The van der Waals surface area contributed by atoms with Crippen LogP contribution in [0.5, 0.6) is 5.75 Å². The van der Waals surface area contributed by atoms with E-state index < -0.39 is 0 Å². The Morgan fingerprint density at radius 3 is 3.09 bits per heavy atom. The lowest BCUT2D eigenvalue weighted by atomic mass is 10.0. The molecule has 0 saturated carbocycles. The van der Waals surface area contributed by atoms with Gasteiger partial charge in [-0.3, -0.25) is 4.90 Å². The summed E-state index contributed by atoms with van der Waals surface area (Å²) in [5.74, 6) is 3.03. The largest absolute Gasteiger partial charge is 0.497 e. The van der Waals surface area contributed by atoms with Crippen LogP contribution in [-0.2, 0) is 13.0 Å². The predicted molar refractivity (Wildman–Crippen MR) is 90.4 cm³/mol. The second kappa shape index (κ2) is 6.75. The Balaban J connectivity index is 1.89. The summed E-state index contributed by atoms with van der Waals surface area (Å²) in [7, 11) is 1.68. The maximum Gasteiger partial charge on any atom is 0.143 e. The van der Waals surface area contributed by atoms with Gasteiger partial charge in [0.25, 0.3) is 0 Å². The van der Waals surface area contributed by atoms with Crippen LogP contribution in [0.3, 0.4) is 0 Å². The monoisotopic (exact) mass is 318 g/mol. The van der Waals surface area contributed by atoms with Crippen LogP contribution >= 0.6 is 11.8 Å². The van der Waals surface area contributed by atoms with Crippen molar-refractivity contribution in [2.75, 3.05) is 25.7 Å². The first kappa shape index (κ1) is 15.4. The molecule has 4 nitrogen and oxygen atoms in total. The average Bonchev–Trinajstić information content (AvgIpc) is 2.98. The fraction of sp³-hybridized carbons (Fsp3) is 0.471. The molecule has 3 rings (SSSR count). The van der Waals surface area contributed by atoms with Gasteiger partial charge in [-0.1, -0.05) is 17.3 Å². The molecule has 0 bridgehead atoms. The number of rotatable bonds is 5. The smallest absolute Gasteiger partial charge is 0.143 e. The second-order valence-electron chi connectivity index (χ2n) is 5.69. The van der Waals surface area contributed by atoms with E-state index in [2.05, 4.69) is 29.3 Å². The summed E-state index contributed by atoms with van der Waals surface area (Å²) in [5.41, 5.74) is 3.24. The molecule has 0 N–H and O–H groups in total. The summed E-state index contributed by atoms with van der Waals surface area (Å²) < 4.78 is 10.9. The van der Waals surface area contributed by atoms with Gasteiger partial charge in [-0.15, -0.1) is 0 Å². The Bertz CT molecular complexity index is 641. The number of fused-ring (bicyclic) bond motifs is 1. The number of aromatic nitrogens is 1. The van der Waals surface area contributed by atoms with Crippen molar-refractivity contribution < 1.29 is 9.26 Å². The van der Waals surface area contributed by atoms with E-state index in [9.17, 15) is 0 Å². The number of benzene rings is 1. The van der Waals surface area contributed by atoms with Gasteiger partial charge < -0.3 is 9.26 Å². The molecule has 2 heterocycles. The van der Waals surface area contributed by atoms with Crippen molar-refractivity contribution in [1.82, 2.24) is 10.1 Å². The van der Waals surface area contributed by atoms with Gasteiger partial charge in [-0.25, -0.2) is 0 Å².